The van der Waals surface area contributed by atoms with Gasteiger partial charge in [-0.2, -0.15) is 4.31 Å². The van der Waals surface area contributed by atoms with Crippen LogP contribution >= 0.6 is 0 Å². The number of rotatable bonds is 4. The Labute approximate surface area is 149 Å². The zero-order valence-corrected chi connectivity index (χ0v) is 15.6. The van der Waals surface area contributed by atoms with Gasteiger partial charge in [-0.1, -0.05) is 18.2 Å². The largest absolute Gasteiger partial charge is 0.381 e. The van der Waals surface area contributed by atoms with Crippen LogP contribution < -0.4 is 5.32 Å². The minimum absolute atomic E-state index is 0.0316. The molecule has 2 saturated heterocycles. The van der Waals surface area contributed by atoms with Gasteiger partial charge in [0.15, 0.2) is 0 Å². The Morgan fingerprint density at radius 3 is 2.48 bits per heavy atom. The lowest BCUT2D eigenvalue weighted by Gasteiger charge is -2.37. The summed E-state index contributed by atoms with van der Waals surface area (Å²) in [6.07, 6.45) is 1.42. The normalized spacial score (nSPS) is 23.9. The van der Waals surface area contributed by atoms with Crippen molar-refractivity contribution in [1.82, 2.24) is 9.62 Å². The summed E-state index contributed by atoms with van der Waals surface area (Å²) in [4.78, 5) is 13.0. The SMILES string of the molecule is CC(C)NC(=O)C1CN(S(=O)(=O)c2ccccc2)CC12CCOCC2. The highest BCUT2D eigenvalue weighted by molar-refractivity contribution is 7.89. The van der Waals surface area contributed by atoms with E-state index < -0.39 is 10.0 Å². The van der Waals surface area contributed by atoms with Crippen LogP contribution in [0, 0.1) is 11.3 Å². The van der Waals surface area contributed by atoms with Crippen molar-refractivity contribution in [3.63, 3.8) is 0 Å². The third-order valence-electron chi connectivity index (χ3n) is 5.23. The van der Waals surface area contributed by atoms with Gasteiger partial charge >= 0.3 is 0 Å². The van der Waals surface area contributed by atoms with Crippen molar-refractivity contribution < 1.29 is 17.9 Å². The molecular formula is C18H26N2O4S. The van der Waals surface area contributed by atoms with E-state index in [4.69, 9.17) is 4.74 Å². The predicted molar refractivity (Wildman–Crippen MR) is 94.5 cm³/mol. The Morgan fingerprint density at radius 1 is 1.24 bits per heavy atom. The van der Waals surface area contributed by atoms with Crippen LogP contribution in [0.3, 0.4) is 0 Å². The van der Waals surface area contributed by atoms with Crippen LogP contribution in [-0.2, 0) is 19.6 Å². The molecule has 2 aliphatic heterocycles. The van der Waals surface area contributed by atoms with Gasteiger partial charge in [-0.3, -0.25) is 4.79 Å². The number of sulfonamides is 1. The van der Waals surface area contributed by atoms with Crippen molar-refractivity contribution >= 4 is 15.9 Å². The van der Waals surface area contributed by atoms with Gasteiger partial charge in [-0.15, -0.1) is 0 Å². The molecule has 1 amide bonds. The van der Waals surface area contributed by atoms with Crippen LogP contribution in [0.4, 0.5) is 0 Å². The molecule has 1 unspecified atom stereocenters. The summed E-state index contributed by atoms with van der Waals surface area (Å²) in [6, 6.07) is 8.47. The van der Waals surface area contributed by atoms with E-state index >= 15 is 0 Å². The van der Waals surface area contributed by atoms with Crippen LogP contribution in [0.25, 0.3) is 0 Å². The molecule has 0 radical (unpaired) electrons. The van der Waals surface area contributed by atoms with E-state index in [1.54, 1.807) is 30.3 Å². The second-order valence-electron chi connectivity index (χ2n) is 7.30. The highest BCUT2D eigenvalue weighted by atomic mass is 32.2. The van der Waals surface area contributed by atoms with Crippen molar-refractivity contribution in [3.05, 3.63) is 30.3 Å². The van der Waals surface area contributed by atoms with E-state index in [0.717, 1.165) is 0 Å². The maximum atomic E-state index is 13.0. The number of hydrogen-bond donors (Lipinski definition) is 1. The second kappa shape index (κ2) is 7.05. The molecule has 138 valence electrons. The third kappa shape index (κ3) is 3.59. The first-order chi connectivity index (χ1) is 11.8. The number of carbonyl (C=O) groups excluding carboxylic acids is 1. The predicted octanol–water partition coefficient (Wildman–Crippen LogP) is 1.63. The molecule has 0 aromatic heterocycles. The second-order valence-corrected chi connectivity index (χ2v) is 9.24. The first-order valence-electron chi connectivity index (χ1n) is 8.78. The summed E-state index contributed by atoms with van der Waals surface area (Å²) in [5.41, 5.74) is -0.334. The topological polar surface area (TPSA) is 75.7 Å². The van der Waals surface area contributed by atoms with Crippen LogP contribution in [0.1, 0.15) is 26.7 Å². The van der Waals surface area contributed by atoms with E-state index in [2.05, 4.69) is 5.32 Å². The number of amides is 1. The molecule has 1 atom stereocenters. The first kappa shape index (κ1) is 18.4. The van der Waals surface area contributed by atoms with Crippen LogP contribution in [0.5, 0.6) is 0 Å². The van der Waals surface area contributed by atoms with Gasteiger partial charge in [0.2, 0.25) is 15.9 Å². The lowest BCUT2D eigenvalue weighted by Crippen LogP contribution is -2.46. The summed E-state index contributed by atoms with van der Waals surface area (Å²) in [5, 5.41) is 2.97. The maximum Gasteiger partial charge on any atom is 0.243 e. The van der Waals surface area contributed by atoms with E-state index in [1.165, 1.54) is 4.31 Å². The smallest absolute Gasteiger partial charge is 0.243 e. The molecule has 0 bridgehead atoms. The van der Waals surface area contributed by atoms with Gasteiger partial charge in [0.25, 0.3) is 0 Å². The number of benzene rings is 1. The number of ether oxygens (including phenoxy) is 1. The van der Waals surface area contributed by atoms with Gasteiger partial charge in [-0.25, -0.2) is 8.42 Å². The first-order valence-corrected chi connectivity index (χ1v) is 10.2. The van der Waals surface area contributed by atoms with Gasteiger partial charge in [0, 0.05) is 37.8 Å². The van der Waals surface area contributed by atoms with E-state index in [-0.39, 0.29) is 34.7 Å². The fraction of sp³-hybridized carbons (Fsp3) is 0.611. The van der Waals surface area contributed by atoms with Gasteiger partial charge in [0.05, 0.1) is 10.8 Å². The summed E-state index contributed by atoms with van der Waals surface area (Å²) >= 11 is 0. The highest BCUT2D eigenvalue weighted by Crippen LogP contribution is 2.46. The lowest BCUT2D eigenvalue weighted by atomic mass is 9.71. The van der Waals surface area contributed by atoms with Crippen molar-refractivity contribution in [3.8, 4) is 0 Å². The quantitative estimate of drug-likeness (QED) is 0.879. The maximum absolute atomic E-state index is 13.0. The molecule has 1 spiro atoms. The molecule has 0 saturated carbocycles. The number of carbonyl (C=O) groups is 1. The molecule has 7 heteroatoms. The Hall–Kier alpha value is -1.44. The zero-order chi connectivity index (χ0) is 18.1. The highest BCUT2D eigenvalue weighted by Gasteiger charge is 2.53. The minimum Gasteiger partial charge on any atom is -0.381 e. The summed E-state index contributed by atoms with van der Waals surface area (Å²) in [5.74, 6) is -0.389. The molecule has 6 nitrogen and oxygen atoms in total. The number of nitrogens with zero attached hydrogens (tertiary/aromatic N) is 1. The number of nitrogens with one attached hydrogen (secondary N) is 1. The molecule has 25 heavy (non-hydrogen) atoms. The summed E-state index contributed by atoms with van der Waals surface area (Å²) < 4.78 is 33.0. The Morgan fingerprint density at radius 2 is 1.88 bits per heavy atom. The van der Waals surface area contributed by atoms with Gasteiger partial charge < -0.3 is 10.1 Å². The summed E-state index contributed by atoms with van der Waals surface area (Å²) in [7, 11) is -3.60. The molecule has 1 N–H and O–H groups in total. The van der Waals surface area contributed by atoms with E-state index in [9.17, 15) is 13.2 Å². The fourth-order valence-electron chi connectivity index (χ4n) is 3.88. The average Bonchev–Trinajstić information content (AvgIpc) is 2.95. The standard InChI is InChI=1S/C18H26N2O4S/c1-14(2)19-17(21)16-12-20(13-18(16)8-10-24-11-9-18)25(22,23)15-6-4-3-5-7-15/h3-7,14,16H,8-13H2,1-2H3,(H,19,21). The van der Waals surface area contributed by atoms with Crippen LogP contribution in [-0.4, -0.2) is 51.0 Å². The molecule has 0 aliphatic carbocycles. The van der Waals surface area contributed by atoms with Crippen molar-refractivity contribution in [2.24, 2.45) is 11.3 Å². The molecule has 2 heterocycles. The minimum atomic E-state index is -3.60. The molecule has 2 fully saturated rings. The fourth-order valence-corrected chi connectivity index (χ4v) is 5.45. The number of hydrogen-bond acceptors (Lipinski definition) is 4. The van der Waals surface area contributed by atoms with Crippen LogP contribution in [0.15, 0.2) is 35.2 Å². The van der Waals surface area contributed by atoms with Gasteiger partial charge in [-0.05, 0) is 38.8 Å². The monoisotopic (exact) mass is 366 g/mol. The van der Waals surface area contributed by atoms with E-state index in [0.29, 0.717) is 32.6 Å². The third-order valence-corrected chi connectivity index (χ3v) is 7.06. The molecule has 1 aromatic rings. The average molecular weight is 366 g/mol. The van der Waals surface area contributed by atoms with Crippen molar-refractivity contribution in [1.29, 1.82) is 0 Å². The zero-order valence-electron chi connectivity index (χ0n) is 14.8. The Bertz CT molecular complexity index is 712. The summed E-state index contributed by atoms with van der Waals surface area (Å²) in [6.45, 7) is 5.60. The Balaban J connectivity index is 1.90. The molecule has 3 rings (SSSR count). The van der Waals surface area contributed by atoms with Crippen molar-refractivity contribution in [2.45, 2.75) is 37.6 Å². The van der Waals surface area contributed by atoms with Crippen LogP contribution in [0.2, 0.25) is 0 Å². The van der Waals surface area contributed by atoms with Crippen molar-refractivity contribution in [2.75, 3.05) is 26.3 Å². The molecular weight excluding hydrogens is 340 g/mol. The Kier molecular flexibility index (Phi) is 5.18. The molecule has 1 aromatic carbocycles. The van der Waals surface area contributed by atoms with Gasteiger partial charge in [0.1, 0.15) is 0 Å². The molecule has 2 aliphatic rings. The van der Waals surface area contributed by atoms with E-state index in [1.807, 2.05) is 13.8 Å². The lowest BCUT2D eigenvalue weighted by molar-refractivity contribution is -0.130.